The van der Waals surface area contributed by atoms with Gasteiger partial charge in [-0.25, -0.2) is 0 Å². The number of nitrogens with one attached hydrogen (secondary N) is 1. The molecule has 0 aliphatic carbocycles. The van der Waals surface area contributed by atoms with Crippen molar-refractivity contribution < 1.29 is 4.74 Å². The molecular weight excluding hydrogens is 258 g/mol. The zero-order valence-corrected chi connectivity index (χ0v) is 12.3. The highest BCUT2D eigenvalue weighted by Crippen LogP contribution is 2.30. The third-order valence-corrected chi connectivity index (χ3v) is 3.46. The molecule has 0 bridgehead atoms. The lowest BCUT2D eigenvalue weighted by Crippen LogP contribution is -2.24. The van der Waals surface area contributed by atoms with Gasteiger partial charge in [0.25, 0.3) is 0 Å². The van der Waals surface area contributed by atoms with E-state index >= 15 is 0 Å². The summed E-state index contributed by atoms with van der Waals surface area (Å²) in [7, 11) is 1.70. The first-order chi connectivity index (χ1) is 9.26. The van der Waals surface area contributed by atoms with Crippen LogP contribution in [0.4, 0.5) is 0 Å². The van der Waals surface area contributed by atoms with Gasteiger partial charge in [0.1, 0.15) is 5.75 Å². The van der Waals surface area contributed by atoms with Crippen LogP contribution in [0.15, 0.2) is 24.4 Å². The first kappa shape index (κ1) is 14.0. The minimum atomic E-state index is 0.0357. The van der Waals surface area contributed by atoms with E-state index < -0.39 is 0 Å². The number of aromatic nitrogens is 2. The average molecular weight is 277 g/mol. The monoisotopic (exact) mass is 277 g/mol. The maximum atomic E-state index is 5.47. The van der Waals surface area contributed by atoms with Crippen LogP contribution in [0.25, 0.3) is 0 Å². The molecule has 4 nitrogen and oxygen atoms in total. The largest absolute Gasteiger partial charge is 0.496 e. The average Bonchev–Trinajstić information content (AvgIpc) is 2.93. The van der Waals surface area contributed by atoms with Crippen LogP contribution in [0.5, 0.6) is 5.75 Å². The van der Waals surface area contributed by atoms with Crippen LogP contribution < -0.4 is 10.1 Å². The zero-order chi connectivity index (χ0) is 13.7. The molecule has 2 aromatic rings. The van der Waals surface area contributed by atoms with Gasteiger partial charge in [-0.05, 0) is 26.0 Å². The van der Waals surface area contributed by atoms with E-state index in [1.807, 2.05) is 12.3 Å². The standard InChI is InChI=1S/C14H19N3OS/c1-4-7-15-14(12-9-16-19-17-12)11-8-10(2)5-6-13(11)18-3/h5-6,8-9,14-15H,4,7H2,1-3H3. The molecule has 19 heavy (non-hydrogen) atoms. The molecule has 0 saturated carbocycles. The van der Waals surface area contributed by atoms with E-state index in [1.165, 1.54) is 17.3 Å². The molecule has 1 unspecified atom stereocenters. The van der Waals surface area contributed by atoms with E-state index in [4.69, 9.17) is 4.74 Å². The van der Waals surface area contributed by atoms with E-state index in [9.17, 15) is 0 Å². The van der Waals surface area contributed by atoms with Crippen molar-refractivity contribution >= 4 is 11.7 Å². The lowest BCUT2D eigenvalue weighted by molar-refractivity contribution is 0.403. The second-order valence-electron chi connectivity index (χ2n) is 4.46. The molecule has 0 fully saturated rings. The number of nitrogens with zero attached hydrogens (tertiary/aromatic N) is 2. The molecule has 1 heterocycles. The quantitative estimate of drug-likeness (QED) is 0.882. The van der Waals surface area contributed by atoms with Crippen LogP contribution in [-0.2, 0) is 0 Å². The van der Waals surface area contributed by atoms with Crippen molar-refractivity contribution in [1.29, 1.82) is 0 Å². The molecule has 0 amide bonds. The second-order valence-corrected chi connectivity index (χ2v) is 5.02. The summed E-state index contributed by atoms with van der Waals surface area (Å²) in [5, 5.41) is 3.51. The summed E-state index contributed by atoms with van der Waals surface area (Å²) in [5.41, 5.74) is 3.27. The van der Waals surface area contributed by atoms with Gasteiger partial charge in [-0.3, -0.25) is 0 Å². The molecule has 1 aromatic carbocycles. The molecule has 1 N–H and O–H groups in total. The molecule has 0 aliphatic heterocycles. The van der Waals surface area contributed by atoms with Gasteiger partial charge >= 0.3 is 0 Å². The summed E-state index contributed by atoms with van der Waals surface area (Å²) in [6, 6.07) is 6.24. The van der Waals surface area contributed by atoms with Crippen molar-refractivity contribution in [2.24, 2.45) is 0 Å². The van der Waals surface area contributed by atoms with Crippen molar-refractivity contribution in [3.05, 3.63) is 41.2 Å². The predicted molar refractivity (Wildman–Crippen MR) is 77.8 cm³/mol. The van der Waals surface area contributed by atoms with Crippen LogP contribution in [0.3, 0.4) is 0 Å². The third kappa shape index (κ3) is 3.30. The Hall–Kier alpha value is -1.46. The van der Waals surface area contributed by atoms with Gasteiger partial charge in [0.2, 0.25) is 0 Å². The first-order valence-corrected chi connectivity index (χ1v) is 7.14. The van der Waals surface area contributed by atoms with Crippen LogP contribution in [0, 0.1) is 6.92 Å². The van der Waals surface area contributed by atoms with Crippen molar-refractivity contribution in [3.8, 4) is 5.75 Å². The Bertz CT molecular complexity index is 513. The number of hydrogen-bond donors (Lipinski definition) is 1. The van der Waals surface area contributed by atoms with Crippen LogP contribution in [0.1, 0.15) is 36.2 Å². The van der Waals surface area contributed by atoms with E-state index in [2.05, 4.69) is 40.0 Å². The summed E-state index contributed by atoms with van der Waals surface area (Å²) in [5.74, 6) is 0.882. The normalized spacial score (nSPS) is 12.4. The van der Waals surface area contributed by atoms with E-state index in [0.29, 0.717) is 0 Å². The van der Waals surface area contributed by atoms with Crippen molar-refractivity contribution in [2.75, 3.05) is 13.7 Å². The maximum Gasteiger partial charge on any atom is 0.124 e. The molecule has 0 saturated heterocycles. The first-order valence-electron chi connectivity index (χ1n) is 6.41. The molecule has 102 valence electrons. The minimum absolute atomic E-state index is 0.0357. The van der Waals surface area contributed by atoms with E-state index in [0.717, 1.165) is 30.0 Å². The highest BCUT2D eigenvalue weighted by atomic mass is 32.1. The predicted octanol–water partition coefficient (Wildman–Crippen LogP) is 2.94. The summed E-state index contributed by atoms with van der Waals surface area (Å²) in [4.78, 5) is 0. The lowest BCUT2D eigenvalue weighted by Gasteiger charge is -2.19. The smallest absolute Gasteiger partial charge is 0.124 e. The van der Waals surface area contributed by atoms with Gasteiger partial charge in [-0.1, -0.05) is 24.6 Å². The summed E-state index contributed by atoms with van der Waals surface area (Å²) in [6.07, 6.45) is 2.89. The third-order valence-electron chi connectivity index (χ3n) is 2.97. The zero-order valence-electron chi connectivity index (χ0n) is 11.5. The Morgan fingerprint density at radius 1 is 1.42 bits per heavy atom. The Morgan fingerprint density at radius 2 is 2.26 bits per heavy atom. The fourth-order valence-corrected chi connectivity index (χ4v) is 2.49. The number of benzene rings is 1. The number of methoxy groups -OCH3 is 1. The summed E-state index contributed by atoms with van der Waals surface area (Å²) >= 11 is 1.23. The molecule has 5 heteroatoms. The maximum absolute atomic E-state index is 5.47. The Balaban J connectivity index is 2.39. The van der Waals surface area contributed by atoms with Crippen LogP contribution in [-0.4, -0.2) is 22.4 Å². The highest BCUT2D eigenvalue weighted by Gasteiger charge is 2.20. The molecule has 0 spiro atoms. The Kier molecular flexibility index (Phi) is 4.87. The number of aryl methyl sites for hydroxylation is 1. The SMILES string of the molecule is CCCNC(c1cnsn1)c1cc(C)ccc1OC. The molecule has 0 aliphatic rings. The van der Waals surface area contributed by atoms with Gasteiger partial charge in [-0.2, -0.15) is 8.75 Å². The van der Waals surface area contributed by atoms with Crippen molar-refractivity contribution in [1.82, 2.24) is 14.1 Å². The van der Waals surface area contributed by atoms with E-state index in [-0.39, 0.29) is 6.04 Å². The Labute approximate surface area is 118 Å². The fraction of sp³-hybridized carbons (Fsp3) is 0.429. The van der Waals surface area contributed by atoms with Gasteiger partial charge < -0.3 is 10.1 Å². The van der Waals surface area contributed by atoms with Gasteiger partial charge in [0, 0.05) is 5.56 Å². The molecule has 0 radical (unpaired) electrons. The highest BCUT2D eigenvalue weighted by molar-refractivity contribution is 6.99. The number of rotatable bonds is 6. The van der Waals surface area contributed by atoms with Crippen molar-refractivity contribution in [2.45, 2.75) is 26.3 Å². The second kappa shape index (κ2) is 6.63. The van der Waals surface area contributed by atoms with Crippen LogP contribution in [0.2, 0.25) is 0 Å². The number of ether oxygens (including phenoxy) is 1. The Morgan fingerprint density at radius 3 is 2.89 bits per heavy atom. The fourth-order valence-electron chi connectivity index (χ4n) is 2.04. The number of hydrogen-bond acceptors (Lipinski definition) is 5. The molecule has 1 atom stereocenters. The van der Waals surface area contributed by atoms with Gasteiger partial charge in [0.05, 0.1) is 36.8 Å². The molecule has 2 rings (SSSR count). The minimum Gasteiger partial charge on any atom is -0.496 e. The molecule has 1 aromatic heterocycles. The molecular formula is C14H19N3OS. The van der Waals surface area contributed by atoms with Crippen LogP contribution >= 0.6 is 11.7 Å². The summed E-state index contributed by atoms with van der Waals surface area (Å²) in [6.45, 7) is 5.16. The van der Waals surface area contributed by atoms with Crippen molar-refractivity contribution in [3.63, 3.8) is 0 Å². The van der Waals surface area contributed by atoms with E-state index in [1.54, 1.807) is 7.11 Å². The summed E-state index contributed by atoms with van der Waals surface area (Å²) < 4.78 is 13.9. The van der Waals surface area contributed by atoms with Gasteiger partial charge in [-0.15, -0.1) is 0 Å². The van der Waals surface area contributed by atoms with Gasteiger partial charge in [0.15, 0.2) is 0 Å². The lowest BCUT2D eigenvalue weighted by atomic mass is 10.0. The topological polar surface area (TPSA) is 47.0 Å².